The lowest BCUT2D eigenvalue weighted by Crippen LogP contribution is -2.36. The minimum absolute atomic E-state index is 0.132. The summed E-state index contributed by atoms with van der Waals surface area (Å²) in [5.41, 5.74) is 6.70. The van der Waals surface area contributed by atoms with Gasteiger partial charge in [0.15, 0.2) is 0 Å². The predicted molar refractivity (Wildman–Crippen MR) is 76.8 cm³/mol. The van der Waals surface area contributed by atoms with Crippen LogP contribution in [-0.2, 0) is 6.42 Å². The average Bonchev–Trinajstić information content (AvgIpc) is 2.80. The molecule has 0 bridgehead atoms. The first-order valence-corrected chi connectivity index (χ1v) is 7.20. The van der Waals surface area contributed by atoms with E-state index in [2.05, 4.69) is 18.0 Å². The first kappa shape index (κ1) is 13.5. The van der Waals surface area contributed by atoms with Crippen molar-refractivity contribution in [2.75, 3.05) is 13.2 Å². The average molecular weight is 264 g/mol. The molecule has 0 aliphatic rings. The van der Waals surface area contributed by atoms with Gasteiger partial charge in [-0.1, -0.05) is 25.5 Å². The number of thiazole rings is 1. The van der Waals surface area contributed by atoms with Gasteiger partial charge in [-0.05, 0) is 18.6 Å². The second-order valence-corrected chi connectivity index (χ2v) is 5.98. The number of rotatable bonds is 6. The Kier molecular flexibility index (Phi) is 4.32. The van der Waals surface area contributed by atoms with Crippen LogP contribution in [0, 0.1) is 5.41 Å². The summed E-state index contributed by atoms with van der Waals surface area (Å²) in [6.07, 6.45) is 2.74. The molecule has 1 heterocycles. The zero-order chi connectivity index (χ0) is 13.0. The first-order chi connectivity index (χ1) is 8.73. The summed E-state index contributed by atoms with van der Waals surface area (Å²) in [6, 6.07) is 8.14. The zero-order valence-corrected chi connectivity index (χ0v) is 11.5. The molecule has 0 radical (unpaired) electrons. The van der Waals surface area contributed by atoms with Gasteiger partial charge < -0.3 is 10.8 Å². The van der Waals surface area contributed by atoms with E-state index in [1.54, 1.807) is 11.3 Å². The number of aliphatic hydroxyl groups is 1. The maximum absolute atomic E-state index is 9.64. The van der Waals surface area contributed by atoms with Gasteiger partial charge in [0.1, 0.15) is 0 Å². The quantitative estimate of drug-likeness (QED) is 0.843. The zero-order valence-electron chi connectivity index (χ0n) is 10.7. The van der Waals surface area contributed by atoms with Crippen LogP contribution < -0.4 is 5.73 Å². The van der Waals surface area contributed by atoms with Gasteiger partial charge in [-0.15, -0.1) is 11.3 Å². The van der Waals surface area contributed by atoms with E-state index < -0.39 is 0 Å². The van der Waals surface area contributed by atoms with Crippen LogP contribution in [0.15, 0.2) is 24.3 Å². The van der Waals surface area contributed by atoms with Gasteiger partial charge in [-0.25, -0.2) is 4.98 Å². The summed E-state index contributed by atoms with van der Waals surface area (Å²) in [6.45, 7) is 2.76. The standard InChI is InChI=1S/C14H20N2OS/c1-2-7-14(9-15,10-17)8-13-16-11-5-3-4-6-12(11)18-13/h3-6,17H,2,7-10,15H2,1H3. The molecule has 0 aliphatic carbocycles. The summed E-state index contributed by atoms with van der Waals surface area (Å²) in [4.78, 5) is 4.63. The molecule has 0 aliphatic heterocycles. The number of nitrogens with zero attached hydrogens (tertiary/aromatic N) is 1. The van der Waals surface area contributed by atoms with E-state index in [1.165, 1.54) is 4.70 Å². The Hall–Kier alpha value is -0.970. The second-order valence-electron chi connectivity index (χ2n) is 4.86. The van der Waals surface area contributed by atoms with Crippen LogP contribution >= 0.6 is 11.3 Å². The normalized spacial score (nSPS) is 14.8. The fraction of sp³-hybridized carbons (Fsp3) is 0.500. The van der Waals surface area contributed by atoms with E-state index in [1.807, 2.05) is 18.2 Å². The lowest BCUT2D eigenvalue weighted by molar-refractivity contribution is 0.121. The van der Waals surface area contributed by atoms with Crippen LogP contribution in [-0.4, -0.2) is 23.2 Å². The largest absolute Gasteiger partial charge is 0.396 e. The van der Waals surface area contributed by atoms with Gasteiger partial charge in [0, 0.05) is 18.4 Å². The molecule has 1 unspecified atom stereocenters. The number of hydrogen-bond acceptors (Lipinski definition) is 4. The van der Waals surface area contributed by atoms with Crippen LogP contribution in [0.4, 0.5) is 0 Å². The minimum Gasteiger partial charge on any atom is -0.396 e. The topological polar surface area (TPSA) is 59.1 Å². The summed E-state index contributed by atoms with van der Waals surface area (Å²) in [7, 11) is 0. The Morgan fingerprint density at radius 2 is 2.17 bits per heavy atom. The molecule has 1 atom stereocenters. The maximum atomic E-state index is 9.64. The van der Waals surface area contributed by atoms with Crippen LogP contribution in [0.25, 0.3) is 10.2 Å². The van der Waals surface area contributed by atoms with Crippen molar-refractivity contribution in [2.45, 2.75) is 26.2 Å². The van der Waals surface area contributed by atoms with Crippen molar-refractivity contribution in [1.82, 2.24) is 4.98 Å². The predicted octanol–water partition coefficient (Wildman–Crippen LogP) is 2.58. The van der Waals surface area contributed by atoms with Crippen LogP contribution in [0.5, 0.6) is 0 Å². The smallest absolute Gasteiger partial charge is 0.0945 e. The monoisotopic (exact) mass is 264 g/mol. The van der Waals surface area contributed by atoms with Crippen molar-refractivity contribution in [3.63, 3.8) is 0 Å². The van der Waals surface area contributed by atoms with Gasteiger partial charge >= 0.3 is 0 Å². The van der Waals surface area contributed by atoms with E-state index in [9.17, 15) is 5.11 Å². The number of nitrogens with two attached hydrogens (primary N) is 1. The first-order valence-electron chi connectivity index (χ1n) is 6.38. The molecule has 18 heavy (non-hydrogen) atoms. The maximum Gasteiger partial charge on any atom is 0.0945 e. The number of hydrogen-bond donors (Lipinski definition) is 2. The lowest BCUT2D eigenvalue weighted by Gasteiger charge is -2.29. The van der Waals surface area contributed by atoms with E-state index in [0.29, 0.717) is 6.54 Å². The Morgan fingerprint density at radius 1 is 1.39 bits per heavy atom. The molecule has 0 amide bonds. The molecule has 98 valence electrons. The van der Waals surface area contributed by atoms with Gasteiger partial charge in [0.25, 0.3) is 0 Å². The SMILES string of the molecule is CCCC(CN)(CO)Cc1nc2ccccc2s1. The highest BCUT2D eigenvalue weighted by Gasteiger charge is 2.28. The molecular formula is C14H20N2OS. The van der Waals surface area contributed by atoms with Crippen LogP contribution in [0.1, 0.15) is 24.8 Å². The summed E-state index contributed by atoms with van der Waals surface area (Å²) >= 11 is 1.70. The van der Waals surface area contributed by atoms with Crippen molar-refractivity contribution < 1.29 is 5.11 Å². The fourth-order valence-electron chi connectivity index (χ4n) is 2.31. The number of benzene rings is 1. The fourth-order valence-corrected chi connectivity index (χ4v) is 3.45. The highest BCUT2D eigenvalue weighted by molar-refractivity contribution is 7.18. The molecule has 3 nitrogen and oxygen atoms in total. The van der Waals surface area contributed by atoms with E-state index in [0.717, 1.165) is 29.8 Å². The third-order valence-electron chi connectivity index (χ3n) is 3.41. The number of fused-ring (bicyclic) bond motifs is 1. The molecule has 3 N–H and O–H groups in total. The molecule has 2 rings (SSSR count). The summed E-state index contributed by atoms with van der Waals surface area (Å²) < 4.78 is 1.20. The van der Waals surface area contributed by atoms with Crippen molar-refractivity contribution >= 4 is 21.6 Å². The number of aliphatic hydroxyl groups excluding tert-OH is 1. The van der Waals surface area contributed by atoms with Crippen LogP contribution in [0.3, 0.4) is 0 Å². The highest BCUT2D eigenvalue weighted by Crippen LogP contribution is 2.31. The Bertz CT molecular complexity index is 472. The second kappa shape index (κ2) is 5.78. The number of aromatic nitrogens is 1. The van der Waals surface area contributed by atoms with Crippen molar-refractivity contribution in [2.24, 2.45) is 11.1 Å². The molecule has 0 fully saturated rings. The van der Waals surface area contributed by atoms with Gasteiger partial charge in [-0.2, -0.15) is 0 Å². The van der Waals surface area contributed by atoms with E-state index in [-0.39, 0.29) is 12.0 Å². The molecule has 1 aromatic heterocycles. The summed E-state index contributed by atoms with van der Waals surface area (Å²) in [5, 5.41) is 10.7. The third-order valence-corrected chi connectivity index (χ3v) is 4.45. The van der Waals surface area contributed by atoms with Gasteiger partial charge in [0.05, 0.1) is 21.8 Å². The van der Waals surface area contributed by atoms with Crippen molar-refractivity contribution in [3.8, 4) is 0 Å². The van der Waals surface area contributed by atoms with Crippen LogP contribution in [0.2, 0.25) is 0 Å². The van der Waals surface area contributed by atoms with Gasteiger partial charge in [0.2, 0.25) is 0 Å². The molecule has 0 saturated carbocycles. The lowest BCUT2D eigenvalue weighted by atomic mass is 9.81. The summed E-state index contributed by atoms with van der Waals surface area (Å²) in [5.74, 6) is 0. The minimum atomic E-state index is -0.206. The Balaban J connectivity index is 2.25. The molecule has 2 aromatic rings. The molecular weight excluding hydrogens is 244 g/mol. The molecule has 4 heteroatoms. The van der Waals surface area contributed by atoms with Crippen molar-refractivity contribution in [1.29, 1.82) is 0 Å². The van der Waals surface area contributed by atoms with E-state index >= 15 is 0 Å². The Morgan fingerprint density at radius 3 is 2.78 bits per heavy atom. The van der Waals surface area contributed by atoms with Crippen molar-refractivity contribution in [3.05, 3.63) is 29.3 Å². The van der Waals surface area contributed by atoms with Gasteiger partial charge in [-0.3, -0.25) is 0 Å². The molecule has 0 saturated heterocycles. The molecule has 0 spiro atoms. The van der Waals surface area contributed by atoms with E-state index in [4.69, 9.17) is 5.73 Å². The number of para-hydroxylation sites is 1. The Labute approximate surface area is 112 Å². The third kappa shape index (κ3) is 2.71. The molecule has 1 aromatic carbocycles. The highest BCUT2D eigenvalue weighted by atomic mass is 32.1.